The second kappa shape index (κ2) is 7.12. The van der Waals surface area contributed by atoms with Crippen LogP contribution < -0.4 is 20.1 Å². The number of anilines is 1. The van der Waals surface area contributed by atoms with Crippen LogP contribution in [0.4, 0.5) is 10.5 Å². The number of H-pyrrole nitrogens is 1. The maximum absolute atomic E-state index is 12.3. The van der Waals surface area contributed by atoms with Crippen LogP contribution in [-0.4, -0.2) is 45.8 Å². The lowest BCUT2D eigenvalue weighted by Crippen LogP contribution is -2.34. The number of carbonyl (C=O) groups excluding carboxylic acids is 2. The second-order valence-electron chi connectivity index (χ2n) is 5.58. The van der Waals surface area contributed by atoms with Crippen molar-refractivity contribution in [3.8, 4) is 22.9 Å². The average Bonchev–Trinajstić information content (AvgIpc) is 3.22. The van der Waals surface area contributed by atoms with Gasteiger partial charge >= 0.3 is 6.03 Å². The SMILES string of the molecule is O=C(NC(=O)c1ccc2c(c1)OCCO2)Nc1cccc(-c2nn[nH]n2)c1. The van der Waals surface area contributed by atoms with Gasteiger partial charge in [0.25, 0.3) is 5.91 Å². The normalized spacial score (nSPS) is 12.3. The first-order chi connectivity index (χ1) is 13.2. The molecule has 1 aliphatic rings. The van der Waals surface area contributed by atoms with E-state index < -0.39 is 11.9 Å². The van der Waals surface area contributed by atoms with Crippen molar-refractivity contribution in [3.63, 3.8) is 0 Å². The van der Waals surface area contributed by atoms with E-state index in [0.29, 0.717) is 41.8 Å². The maximum atomic E-state index is 12.3. The van der Waals surface area contributed by atoms with Gasteiger partial charge in [0.1, 0.15) is 13.2 Å². The molecule has 0 spiro atoms. The number of nitrogens with zero attached hydrogens (tertiary/aromatic N) is 3. The van der Waals surface area contributed by atoms with Crippen molar-refractivity contribution < 1.29 is 19.1 Å². The van der Waals surface area contributed by atoms with Crippen molar-refractivity contribution in [2.24, 2.45) is 0 Å². The van der Waals surface area contributed by atoms with Crippen LogP contribution in [0.5, 0.6) is 11.5 Å². The van der Waals surface area contributed by atoms with E-state index in [1.54, 1.807) is 36.4 Å². The van der Waals surface area contributed by atoms with Crippen LogP contribution in [0, 0.1) is 0 Å². The Morgan fingerprint density at radius 1 is 1.04 bits per heavy atom. The molecule has 0 aliphatic carbocycles. The summed E-state index contributed by atoms with van der Waals surface area (Å²) >= 11 is 0. The number of fused-ring (bicyclic) bond motifs is 1. The molecule has 10 nitrogen and oxygen atoms in total. The Morgan fingerprint density at radius 3 is 2.70 bits per heavy atom. The van der Waals surface area contributed by atoms with Crippen molar-refractivity contribution in [2.45, 2.75) is 0 Å². The standard InChI is InChI=1S/C17H14N6O4/c24-16(11-4-5-13-14(9-11)27-7-6-26-13)19-17(25)18-12-3-1-2-10(8-12)15-20-22-23-21-15/h1-5,8-9H,6-7H2,(H2,18,19,24,25)(H,20,21,22,23). The quantitative estimate of drug-likeness (QED) is 0.641. The Hall–Kier alpha value is -3.95. The van der Waals surface area contributed by atoms with Crippen LogP contribution >= 0.6 is 0 Å². The molecule has 2 aromatic carbocycles. The van der Waals surface area contributed by atoms with Gasteiger partial charge in [0.2, 0.25) is 5.82 Å². The van der Waals surface area contributed by atoms with Gasteiger partial charge in [-0.3, -0.25) is 10.1 Å². The Morgan fingerprint density at radius 2 is 1.89 bits per heavy atom. The average molecular weight is 366 g/mol. The Bertz CT molecular complexity index is 989. The summed E-state index contributed by atoms with van der Waals surface area (Å²) in [6, 6.07) is 10.9. The highest BCUT2D eigenvalue weighted by Crippen LogP contribution is 2.30. The first-order valence-corrected chi connectivity index (χ1v) is 8.05. The van der Waals surface area contributed by atoms with Crippen molar-refractivity contribution >= 4 is 17.6 Å². The fraction of sp³-hybridized carbons (Fsp3) is 0.118. The molecule has 0 bridgehead atoms. The van der Waals surface area contributed by atoms with Gasteiger partial charge in [0, 0.05) is 16.8 Å². The number of urea groups is 1. The zero-order valence-electron chi connectivity index (χ0n) is 13.9. The number of carbonyl (C=O) groups is 2. The molecule has 1 aromatic heterocycles. The van der Waals surface area contributed by atoms with Crippen LogP contribution in [0.25, 0.3) is 11.4 Å². The molecule has 3 N–H and O–H groups in total. The summed E-state index contributed by atoms with van der Waals surface area (Å²) in [4.78, 5) is 24.4. The van der Waals surface area contributed by atoms with Crippen LogP contribution in [0.3, 0.4) is 0 Å². The van der Waals surface area contributed by atoms with Gasteiger partial charge in [-0.1, -0.05) is 12.1 Å². The van der Waals surface area contributed by atoms with E-state index in [1.165, 1.54) is 6.07 Å². The van der Waals surface area contributed by atoms with E-state index in [-0.39, 0.29) is 5.56 Å². The van der Waals surface area contributed by atoms with Crippen LogP contribution in [-0.2, 0) is 0 Å². The summed E-state index contributed by atoms with van der Waals surface area (Å²) in [6.45, 7) is 0.874. The van der Waals surface area contributed by atoms with E-state index in [1.807, 2.05) is 0 Å². The van der Waals surface area contributed by atoms with Gasteiger partial charge in [-0.25, -0.2) is 4.79 Å². The molecule has 2 heterocycles. The van der Waals surface area contributed by atoms with Crippen LogP contribution in [0.1, 0.15) is 10.4 Å². The predicted molar refractivity (Wildman–Crippen MR) is 93.5 cm³/mol. The molecule has 27 heavy (non-hydrogen) atoms. The van der Waals surface area contributed by atoms with E-state index in [0.717, 1.165) is 0 Å². The molecule has 0 fully saturated rings. The third-order valence-corrected chi connectivity index (χ3v) is 3.76. The lowest BCUT2D eigenvalue weighted by Gasteiger charge is -2.18. The number of aromatic nitrogens is 4. The third kappa shape index (κ3) is 3.68. The number of rotatable bonds is 3. The molecule has 10 heteroatoms. The van der Waals surface area contributed by atoms with E-state index in [4.69, 9.17) is 9.47 Å². The minimum atomic E-state index is -0.667. The molecule has 3 amide bonds. The maximum Gasteiger partial charge on any atom is 0.326 e. The van der Waals surface area contributed by atoms with Crippen LogP contribution in [0.2, 0.25) is 0 Å². The molecule has 3 aromatic rings. The van der Waals surface area contributed by atoms with Crippen LogP contribution in [0.15, 0.2) is 42.5 Å². The number of tetrazole rings is 1. The molecule has 0 radical (unpaired) electrons. The van der Waals surface area contributed by atoms with Gasteiger partial charge in [-0.15, -0.1) is 10.2 Å². The lowest BCUT2D eigenvalue weighted by atomic mass is 10.2. The summed E-state index contributed by atoms with van der Waals surface area (Å²) in [5.74, 6) is 0.882. The first-order valence-electron chi connectivity index (χ1n) is 8.05. The van der Waals surface area contributed by atoms with Crippen molar-refractivity contribution in [1.82, 2.24) is 25.9 Å². The number of imide groups is 1. The molecule has 136 valence electrons. The molecular formula is C17H14N6O4. The van der Waals surface area contributed by atoms with Crippen molar-refractivity contribution in [2.75, 3.05) is 18.5 Å². The van der Waals surface area contributed by atoms with Gasteiger partial charge in [-0.2, -0.15) is 5.21 Å². The lowest BCUT2D eigenvalue weighted by molar-refractivity contribution is 0.0966. The Labute approximate surface area is 152 Å². The van der Waals surface area contributed by atoms with Crippen molar-refractivity contribution in [1.29, 1.82) is 0 Å². The minimum absolute atomic E-state index is 0.287. The van der Waals surface area contributed by atoms with E-state index >= 15 is 0 Å². The Balaban J connectivity index is 1.42. The number of hydrogen-bond donors (Lipinski definition) is 3. The van der Waals surface area contributed by atoms with Crippen molar-refractivity contribution in [3.05, 3.63) is 48.0 Å². The third-order valence-electron chi connectivity index (χ3n) is 3.76. The molecule has 4 rings (SSSR count). The molecular weight excluding hydrogens is 352 g/mol. The molecule has 0 saturated heterocycles. The number of nitrogens with one attached hydrogen (secondary N) is 3. The molecule has 0 saturated carbocycles. The number of amides is 3. The predicted octanol–water partition coefficient (Wildman–Crippen LogP) is 1.60. The topological polar surface area (TPSA) is 131 Å². The monoisotopic (exact) mass is 366 g/mol. The van der Waals surface area contributed by atoms with Gasteiger partial charge in [0.15, 0.2) is 11.5 Å². The Kier molecular flexibility index (Phi) is 4.35. The fourth-order valence-corrected chi connectivity index (χ4v) is 2.54. The number of aromatic amines is 1. The minimum Gasteiger partial charge on any atom is -0.486 e. The largest absolute Gasteiger partial charge is 0.486 e. The van der Waals surface area contributed by atoms with Gasteiger partial charge in [-0.05, 0) is 35.5 Å². The number of benzene rings is 2. The highest BCUT2D eigenvalue weighted by Gasteiger charge is 2.16. The molecule has 0 atom stereocenters. The summed E-state index contributed by atoms with van der Waals surface area (Å²) < 4.78 is 10.8. The zero-order valence-corrected chi connectivity index (χ0v) is 13.9. The summed E-state index contributed by atoms with van der Waals surface area (Å²) in [5, 5.41) is 18.5. The summed E-state index contributed by atoms with van der Waals surface area (Å²) in [6.07, 6.45) is 0. The number of ether oxygens (including phenoxy) is 2. The first kappa shape index (κ1) is 16.5. The highest BCUT2D eigenvalue weighted by molar-refractivity contribution is 6.08. The van der Waals surface area contributed by atoms with Gasteiger partial charge in [0.05, 0.1) is 0 Å². The highest BCUT2D eigenvalue weighted by atomic mass is 16.6. The number of hydrogen-bond acceptors (Lipinski definition) is 7. The molecule has 1 aliphatic heterocycles. The summed E-state index contributed by atoms with van der Waals surface area (Å²) in [7, 11) is 0. The van der Waals surface area contributed by atoms with Gasteiger partial charge < -0.3 is 14.8 Å². The fourth-order valence-electron chi connectivity index (χ4n) is 2.54. The second-order valence-corrected chi connectivity index (χ2v) is 5.58. The smallest absolute Gasteiger partial charge is 0.326 e. The zero-order chi connectivity index (χ0) is 18.6. The summed E-state index contributed by atoms with van der Waals surface area (Å²) in [5.41, 5.74) is 1.43. The van der Waals surface area contributed by atoms with E-state index in [2.05, 4.69) is 31.3 Å². The van der Waals surface area contributed by atoms with E-state index in [9.17, 15) is 9.59 Å². The molecule has 0 unspecified atom stereocenters.